The van der Waals surface area contributed by atoms with E-state index in [2.05, 4.69) is 0 Å². The molecule has 0 unspecified atom stereocenters. The second kappa shape index (κ2) is 37.2. The molecule has 24 heavy (non-hydrogen) atoms. The lowest BCUT2D eigenvalue weighted by Gasteiger charge is -1.90. The zero-order valence-corrected chi connectivity index (χ0v) is 15.4. The van der Waals surface area contributed by atoms with Crippen molar-refractivity contribution in [3.8, 4) is 0 Å². The van der Waals surface area contributed by atoms with Crippen molar-refractivity contribution >= 4 is 23.9 Å². The molecule has 0 saturated heterocycles. The zero-order chi connectivity index (χ0) is 21.3. The molecule has 0 atom stereocenters. The molecule has 0 rings (SSSR count). The van der Waals surface area contributed by atoms with E-state index in [-0.39, 0.29) is 0 Å². The summed E-state index contributed by atoms with van der Waals surface area (Å²) in [6.07, 6.45) is 0. The molecule has 0 spiro atoms. The highest BCUT2D eigenvalue weighted by molar-refractivity contribution is 5.63. The largest absolute Gasteiger partial charge is 0.481 e. The van der Waals surface area contributed by atoms with E-state index in [0.29, 0.717) is 13.1 Å². The molecule has 11 nitrogen and oxygen atoms in total. The van der Waals surface area contributed by atoms with Gasteiger partial charge in [0.05, 0.1) is 0 Å². The van der Waals surface area contributed by atoms with Gasteiger partial charge in [-0.3, -0.25) is 19.2 Å². The maximum atomic E-state index is 9.00. The number of nitrogens with two attached hydrogens (primary N) is 2. The molecule has 0 heterocycles. The average molecular weight is 359 g/mol. The van der Waals surface area contributed by atoms with E-state index in [0.717, 1.165) is 27.7 Å². The first-order chi connectivity index (χ1) is 10.6. The van der Waals surface area contributed by atoms with Gasteiger partial charge >= 0.3 is 0 Å². The first-order valence-corrected chi connectivity index (χ1v) is 6.37. The highest BCUT2D eigenvalue weighted by Crippen LogP contribution is 1.47. The fraction of sp³-hybridized carbons (Fsp3) is 0.692. The first kappa shape index (κ1) is 37.8. The molecule has 148 valence electrons. The van der Waals surface area contributed by atoms with Crippen LogP contribution in [0.25, 0.3) is 0 Å². The van der Waals surface area contributed by atoms with Crippen LogP contribution in [-0.4, -0.2) is 83.4 Å². The van der Waals surface area contributed by atoms with Crippen LogP contribution in [0.4, 0.5) is 0 Å². The molecule has 8 N–H and O–H groups in total. The topological polar surface area (TPSA) is 204 Å². The number of carboxylic acid groups (broad SMARTS) is 4. The lowest BCUT2D eigenvalue weighted by atomic mass is 10.7. The van der Waals surface area contributed by atoms with Crippen LogP contribution in [0, 0.1) is 0 Å². The van der Waals surface area contributed by atoms with Crippen LogP contribution in [0.2, 0.25) is 0 Å². The van der Waals surface area contributed by atoms with Crippen LogP contribution in [-0.2, 0) is 19.2 Å². The van der Waals surface area contributed by atoms with E-state index in [1.807, 2.05) is 26.0 Å². The third kappa shape index (κ3) is 4520. The van der Waals surface area contributed by atoms with Gasteiger partial charge in [0, 0.05) is 40.8 Å². The number of nitrogens with zero attached hydrogens (tertiary/aromatic N) is 1. The predicted octanol–water partition coefficient (Wildman–Crippen LogP) is -0.555. The van der Waals surface area contributed by atoms with Crippen LogP contribution in [0.5, 0.6) is 0 Å². The van der Waals surface area contributed by atoms with Crippen molar-refractivity contribution in [2.24, 2.45) is 11.5 Å². The second-order valence-electron chi connectivity index (χ2n) is 4.00. The summed E-state index contributed by atoms with van der Waals surface area (Å²) in [6.45, 7) is 5.53. The molecule has 0 amide bonds. The Kier molecular flexibility index (Phi) is 58.5. The van der Waals surface area contributed by atoms with Gasteiger partial charge in [-0.1, -0.05) is 0 Å². The van der Waals surface area contributed by atoms with E-state index < -0.39 is 23.9 Å². The molecule has 0 aliphatic heterocycles. The van der Waals surface area contributed by atoms with Gasteiger partial charge in [-0.05, 0) is 21.1 Å². The van der Waals surface area contributed by atoms with Crippen molar-refractivity contribution < 1.29 is 39.6 Å². The second-order valence-corrected chi connectivity index (χ2v) is 4.00. The van der Waals surface area contributed by atoms with Crippen molar-refractivity contribution in [2.75, 3.05) is 34.2 Å². The fourth-order valence-electron chi connectivity index (χ4n) is 0. The molecular weight excluding hydrogens is 326 g/mol. The Balaban J connectivity index is -0.0000000405. The van der Waals surface area contributed by atoms with Crippen molar-refractivity contribution in [2.45, 2.75) is 27.7 Å². The Morgan fingerprint density at radius 1 is 0.625 bits per heavy atom. The lowest BCUT2D eigenvalue weighted by molar-refractivity contribution is -0.135. The maximum absolute atomic E-state index is 9.00. The van der Waals surface area contributed by atoms with Gasteiger partial charge in [-0.25, -0.2) is 0 Å². The summed E-state index contributed by atoms with van der Waals surface area (Å²) in [5.41, 5.74) is 9.81. The minimum atomic E-state index is -0.833. The molecule has 0 fully saturated rings. The highest BCUT2D eigenvalue weighted by atomic mass is 16.4. The Hall–Kier alpha value is -2.24. The van der Waals surface area contributed by atoms with Crippen LogP contribution < -0.4 is 11.5 Å². The summed E-state index contributed by atoms with van der Waals surface area (Å²) < 4.78 is 0. The average Bonchev–Trinajstić information content (AvgIpc) is 2.24. The molecule has 0 bridgehead atoms. The number of hydrogen-bond donors (Lipinski definition) is 6. The first-order valence-electron chi connectivity index (χ1n) is 6.37. The number of hydrogen-bond acceptors (Lipinski definition) is 7. The van der Waals surface area contributed by atoms with Crippen molar-refractivity contribution in [1.29, 1.82) is 0 Å². The summed E-state index contributed by atoms with van der Waals surface area (Å²) in [4.78, 5) is 38.0. The van der Waals surface area contributed by atoms with E-state index in [9.17, 15) is 0 Å². The summed E-state index contributed by atoms with van der Waals surface area (Å²) in [7, 11) is 6.00. The van der Waals surface area contributed by atoms with E-state index >= 15 is 0 Å². The molecule has 0 aromatic heterocycles. The van der Waals surface area contributed by atoms with Crippen LogP contribution in [0.15, 0.2) is 0 Å². The minimum Gasteiger partial charge on any atom is -0.481 e. The maximum Gasteiger partial charge on any atom is 0.300 e. The number of carbonyl (C=O) groups is 4. The highest BCUT2D eigenvalue weighted by Gasteiger charge is 1.66. The van der Waals surface area contributed by atoms with E-state index in [1.54, 1.807) is 0 Å². The van der Waals surface area contributed by atoms with E-state index in [4.69, 9.17) is 51.1 Å². The fourth-order valence-corrected chi connectivity index (χ4v) is 0. The van der Waals surface area contributed by atoms with E-state index in [1.165, 1.54) is 0 Å². The molecule has 0 aliphatic rings. The van der Waals surface area contributed by atoms with Gasteiger partial charge in [-0.2, -0.15) is 0 Å². The standard InChI is InChI=1S/C3H9N.C2H8N2.4C2H4O2/c1-4(2)3;3-1-2-4;4*1-2(3)4/h1-3H3;1-4H2;4*1H3,(H,3,4). The van der Waals surface area contributed by atoms with Gasteiger partial charge in [0.2, 0.25) is 0 Å². The van der Waals surface area contributed by atoms with Crippen molar-refractivity contribution in [3.63, 3.8) is 0 Å². The van der Waals surface area contributed by atoms with Gasteiger partial charge in [0.25, 0.3) is 23.9 Å². The smallest absolute Gasteiger partial charge is 0.300 e. The number of rotatable bonds is 1. The van der Waals surface area contributed by atoms with Crippen LogP contribution in [0.3, 0.4) is 0 Å². The monoisotopic (exact) mass is 359 g/mol. The van der Waals surface area contributed by atoms with Gasteiger partial charge in [0.1, 0.15) is 0 Å². The molecule has 0 aromatic rings. The molecule has 0 saturated carbocycles. The Bertz CT molecular complexity index is 228. The normalized spacial score (nSPS) is 6.92. The van der Waals surface area contributed by atoms with Crippen molar-refractivity contribution in [3.05, 3.63) is 0 Å². The molecule has 0 aliphatic carbocycles. The quantitative estimate of drug-likeness (QED) is 0.350. The van der Waals surface area contributed by atoms with Gasteiger partial charge < -0.3 is 36.8 Å². The predicted molar refractivity (Wildman–Crippen MR) is 91.0 cm³/mol. The Morgan fingerprint density at radius 3 is 0.667 bits per heavy atom. The summed E-state index contributed by atoms with van der Waals surface area (Å²) in [5.74, 6) is -3.33. The van der Waals surface area contributed by atoms with Crippen molar-refractivity contribution in [1.82, 2.24) is 4.90 Å². The number of carboxylic acids is 4. The Labute approximate surface area is 142 Å². The minimum absolute atomic E-state index is 0.597. The Morgan fingerprint density at radius 2 is 0.667 bits per heavy atom. The SMILES string of the molecule is CC(=O)O.CC(=O)O.CC(=O)O.CC(=O)O.CN(C)C.NCCN. The lowest BCUT2D eigenvalue weighted by Crippen LogP contribution is -2.11. The van der Waals surface area contributed by atoms with Crippen LogP contribution in [0.1, 0.15) is 27.7 Å². The molecule has 11 heteroatoms. The summed E-state index contributed by atoms with van der Waals surface area (Å²) in [6, 6.07) is 0. The number of aliphatic carboxylic acids is 4. The van der Waals surface area contributed by atoms with Crippen LogP contribution >= 0.6 is 0 Å². The molecular formula is C13H33N3O8. The third-order valence-electron chi connectivity index (χ3n) is 0.167. The third-order valence-corrected chi connectivity index (χ3v) is 0.167. The molecule has 0 radical (unpaired) electrons. The summed E-state index contributed by atoms with van der Waals surface area (Å²) in [5, 5.41) is 29.7. The summed E-state index contributed by atoms with van der Waals surface area (Å²) >= 11 is 0. The van der Waals surface area contributed by atoms with Gasteiger partial charge in [-0.15, -0.1) is 0 Å². The molecule has 0 aromatic carbocycles. The van der Waals surface area contributed by atoms with Gasteiger partial charge in [0.15, 0.2) is 0 Å². The zero-order valence-electron chi connectivity index (χ0n) is 15.4.